The first-order valence-electron chi connectivity index (χ1n) is 10.1. The summed E-state index contributed by atoms with van der Waals surface area (Å²) in [5, 5.41) is 4.92. The minimum atomic E-state index is -4.77. The van der Waals surface area contributed by atoms with Crippen molar-refractivity contribution in [1.82, 2.24) is 15.2 Å². The number of halogens is 3. The summed E-state index contributed by atoms with van der Waals surface area (Å²) in [7, 11) is 0. The van der Waals surface area contributed by atoms with Crippen LogP contribution in [0.15, 0.2) is 29.6 Å². The second-order valence-corrected chi connectivity index (χ2v) is 8.81. The number of carbonyl (C=O) groups excluding carboxylic acids is 2. The summed E-state index contributed by atoms with van der Waals surface area (Å²) in [4.78, 5) is 30.8. The second-order valence-electron chi connectivity index (χ2n) is 7.87. The molecule has 1 aromatic heterocycles. The molecular formula is C21H24F3N3O4S. The number of thiazole rings is 1. The molecule has 11 heteroatoms. The number of rotatable bonds is 7. The van der Waals surface area contributed by atoms with Crippen molar-refractivity contribution in [3.63, 3.8) is 0 Å². The van der Waals surface area contributed by atoms with E-state index in [1.165, 1.54) is 23.5 Å². The van der Waals surface area contributed by atoms with Gasteiger partial charge in [0.05, 0.1) is 6.54 Å². The molecule has 1 N–H and O–H groups in total. The standard InChI is InChI=1S/C21H24F3N3O4S/c1-13-7-14(2)10-27(9-13)20(29)17-12-32-19(26-17)8-25-18(28)11-30-15-3-5-16(6-4-15)31-21(22,23)24/h3-6,12-14H,7-11H2,1-2H3,(H,25,28). The van der Waals surface area contributed by atoms with Crippen LogP contribution in [0.1, 0.15) is 35.8 Å². The molecule has 0 radical (unpaired) electrons. The molecule has 2 aromatic rings. The summed E-state index contributed by atoms with van der Waals surface area (Å²) < 4.78 is 45.5. The summed E-state index contributed by atoms with van der Waals surface area (Å²) in [6, 6.07) is 4.74. The van der Waals surface area contributed by atoms with Crippen LogP contribution in [-0.4, -0.2) is 47.8 Å². The Morgan fingerprint density at radius 1 is 1.16 bits per heavy atom. The average molecular weight is 472 g/mol. The molecule has 1 saturated heterocycles. The van der Waals surface area contributed by atoms with Crippen LogP contribution in [0.4, 0.5) is 13.2 Å². The van der Waals surface area contributed by atoms with Gasteiger partial charge in [0.15, 0.2) is 6.61 Å². The molecule has 1 fully saturated rings. The smallest absolute Gasteiger partial charge is 0.484 e. The van der Waals surface area contributed by atoms with Gasteiger partial charge in [-0.05, 0) is 42.5 Å². The molecule has 2 atom stereocenters. The molecule has 0 aliphatic carbocycles. The number of likely N-dealkylation sites (tertiary alicyclic amines) is 1. The molecular weight excluding hydrogens is 447 g/mol. The van der Waals surface area contributed by atoms with E-state index in [9.17, 15) is 22.8 Å². The molecule has 0 saturated carbocycles. The second kappa shape index (κ2) is 10.2. The van der Waals surface area contributed by atoms with Crippen molar-refractivity contribution in [2.24, 2.45) is 11.8 Å². The third-order valence-electron chi connectivity index (χ3n) is 4.79. The summed E-state index contributed by atoms with van der Waals surface area (Å²) in [5.74, 6) is 0.224. The molecule has 2 amide bonds. The molecule has 32 heavy (non-hydrogen) atoms. The molecule has 7 nitrogen and oxygen atoms in total. The van der Waals surface area contributed by atoms with Crippen LogP contribution in [0.2, 0.25) is 0 Å². The Morgan fingerprint density at radius 2 is 1.78 bits per heavy atom. The van der Waals surface area contributed by atoms with Crippen molar-refractivity contribution >= 4 is 23.2 Å². The van der Waals surface area contributed by atoms with Gasteiger partial charge in [-0.25, -0.2) is 4.98 Å². The van der Waals surface area contributed by atoms with Crippen molar-refractivity contribution in [3.05, 3.63) is 40.3 Å². The van der Waals surface area contributed by atoms with Gasteiger partial charge in [0.1, 0.15) is 22.2 Å². The fraction of sp³-hybridized carbons (Fsp3) is 0.476. The number of carbonyl (C=O) groups is 2. The Bertz CT molecular complexity index is 923. The van der Waals surface area contributed by atoms with Crippen molar-refractivity contribution in [2.45, 2.75) is 33.2 Å². The maximum atomic E-state index is 12.7. The van der Waals surface area contributed by atoms with Gasteiger partial charge in [-0.3, -0.25) is 9.59 Å². The zero-order chi connectivity index (χ0) is 23.3. The fourth-order valence-electron chi connectivity index (χ4n) is 3.59. The lowest BCUT2D eigenvalue weighted by Gasteiger charge is -2.34. The van der Waals surface area contributed by atoms with E-state index in [0.717, 1.165) is 18.6 Å². The molecule has 1 aliphatic heterocycles. The third kappa shape index (κ3) is 7.11. The molecule has 174 valence electrons. The highest BCUT2D eigenvalue weighted by atomic mass is 32.1. The Kier molecular flexibility index (Phi) is 7.60. The van der Waals surface area contributed by atoms with Crippen LogP contribution in [0.3, 0.4) is 0 Å². The summed E-state index contributed by atoms with van der Waals surface area (Å²) >= 11 is 1.29. The third-order valence-corrected chi connectivity index (χ3v) is 5.64. The number of nitrogens with one attached hydrogen (secondary N) is 1. The number of piperidine rings is 1. The normalized spacial score (nSPS) is 18.8. The van der Waals surface area contributed by atoms with E-state index in [2.05, 4.69) is 28.9 Å². The molecule has 2 unspecified atom stereocenters. The average Bonchev–Trinajstić information content (AvgIpc) is 3.18. The number of hydrogen-bond acceptors (Lipinski definition) is 6. The summed E-state index contributed by atoms with van der Waals surface area (Å²) in [6.07, 6.45) is -3.67. The van der Waals surface area contributed by atoms with Crippen LogP contribution in [-0.2, 0) is 11.3 Å². The lowest BCUT2D eigenvalue weighted by atomic mass is 9.92. The van der Waals surface area contributed by atoms with Crippen LogP contribution >= 0.6 is 11.3 Å². The number of hydrogen-bond donors (Lipinski definition) is 1. The minimum Gasteiger partial charge on any atom is -0.484 e. The Morgan fingerprint density at radius 3 is 2.41 bits per heavy atom. The van der Waals surface area contributed by atoms with Crippen molar-refractivity contribution in [3.8, 4) is 11.5 Å². The molecule has 2 heterocycles. The lowest BCUT2D eigenvalue weighted by molar-refractivity contribution is -0.274. The summed E-state index contributed by atoms with van der Waals surface area (Å²) in [5.41, 5.74) is 0.373. The quantitative estimate of drug-likeness (QED) is 0.664. The van der Waals surface area contributed by atoms with Crippen molar-refractivity contribution < 1.29 is 32.2 Å². The van der Waals surface area contributed by atoms with Gasteiger partial charge in [-0.2, -0.15) is 0 Å². The Hall–Kier alpha value is -2.82. The van der Waals surface area contributed by atoms with E-state index in [1.54, 1.807) is 5.38 Å². The highest BCUT2D eigenvalue weighted by molar-refractivity contribution is 7.09. The van der Waals surface area contributed by atoms with Crippen LogP contribution in [0, 0.1) is 11.8 Å². The first kappa shape index (κ1) is 23.8. The van der Waals surface area contributed by atoms with Gasteiger partial charge >= 0.3 is 6.36 Å². The predicted octanol–water partition coefficient (Wildman–Crippen LogP) is 3.86. The van der Waals surface area contributed by atoms with E-state index in [0.29, 0.717) is 35.6 Å². The zero-order valence-corrected chi connectivity index (χ0v) is 18.5. The topological polar surface area (TPSA) is 80.8 Å². The molecule has 3 rings (SSSR count). The largest absolute Gasteiger partial charge is 0.573 e. The van der Waals surface area contributed by atoms with Crippen LogP contribution in [0.25, 0.3) is 0 Å². The van der Waals surface area contributed by atoms with Gasteiger partial charge in [0.2, 0.25) is 0 Å². The van der Waals surface area contributed by atoms with Gasteiger partial charge in [-0.1, -0.05) is 13.8 Å². The predicted molar refractivity (Wildman–Crippen MR) is 111 cm³/mol. The van der Waals surface area contributed by atoms with E-state index in [-0.39, 0.29) is 30.6 Å². The Labute approximate surface area is 187 Å². The van der Waals surface area contributed by atoms with Gasteiger partial charge < -0.3 is 19.7 Å². The van der Waals surface area contributed by atoms with Crippen molar-refractivity contribution in [2.75, 3.05) is 19.7 Å². The van der Waals surface area contributed by atoms with Crippen LogP contribution in [0.5, 0.6) is 11.5 Å². The highest BCUT2D eigenvalue weighted by Gasteiger charge is 2.31. The number of aromatic nitrogens is 1. The van der Waals surface area contributed by atoms with E-state index < -0.39 is 12.3 Å². The number of nitrogens with zero attached hydrogens (tertiary/aromatic N) is 2. The maximum absolute atomic E-state index is 12.7. The first-order valence-corrected chi connectivity index (χ1v) is 11.0. The minimum absolute atomic E-state index is 0.0986. The SMILES string of the molecule is CC1CC(C)CN(C(=O)c2csc(CNC(=O)COc3ccc(OC(F)(F)F)cc3)n2)C1. The number of alkyl halides is 3. The number of ether oxygens (including phenoxy) is 2. The molecule has 0 spiro atoms. The van der Waals surface area contributed by atoms with E-state index in [4.69, 9.17) is 4.74 Å². The van der Waals surface area contributed by atoms with Gasteiger partial charge in [0, 0.05) is 18.5 Å². The van der Waals surface area contributed by atoms with Crippen LogP contribution < -0.4 is 14.8 Å². The van der Waals surface area contributed by atoms with E-state index >= 15 is 0 Å². The molecule has 1 aliphatic rings. The lowest BCUT2D eigenvalue weighted by Crippen LogP contribution is -2.42. The van der Waals surface area contributed by atoms with Crippen molar-refractivity contribution in [1.29, 1.82) is 0 Å². The first-order chi connectivity index (χ1) is 15.1. The highest BCUT2D eigenvalue weighted by Crippen LogP contribution is 2.25. The van der Waals surface area contributed by atoms with Gasteiger partial charge in [0.25, 0.3) is 11.8 Å². The zero-order valence-electron chi connectivity index (χ0n) is 17.6. The monoisotopic (exact) mass is 471 g/mol. The Balaban J connectivity index is 1.43. The number of amides is 2. The maximum Gasteiger partial charge on any atom is 0.573 e. The molecule has 1 aromatic carbocycles. The molecule has 0 bridgehead atoms. The number of benzene rings is 1. The summed E-state index contributed by atoms with van der Waals surface area (Å²) in [6.45, 7) is 5.52. The van der Waals surface area contributed by atoms with Gasteiger partial charge in [-0.15, -0.1) is 24.5 Å². The van der Waals surface area contributed by atoms with E-state index in [1.807, 2.05) is 4.90 Å². The fourth-order valence-corrected chi connectivity index (χ4v) is 4.30.